The van der Waals surface area contributed by atoms with E-state index in [1.54, 1.807) is 25.1 Å². The Kier molecular flexibility index (Phi) is 11.2. The van der Waals surface area contributed by atoms with Crippen LogP contribution in [0.5, 0.6) is 0 Å². The topological polar surface area (TPSA) is 55.4 Å². The lowest BCUT2D eigenvalue weighted by molar-refractivity contribution is -0.145. The van der Waals surface area contributed by atoms with Crippen molar-refractivity contribution in [3.63, 3.8) is 0 Å². The van der Waals surface area contributed by atoms with Crippen LogP contribution in [0.15, 0.2) is 28.7 Å². The van der Waals surface area contributed by atoms with E-state index in [1.165, 1.54) is 38.5 Å². The molecule has 140 valence electrons. The number of esters is 1. The summed E-state index contributed by atoms with van der Waals surface area (Å²) >= 11 is 3.33. The quantitative estimate of drug-likeness (QED) is 0.377. The number of benzene rings is 1. The summed E-state index contributed by atoms with van der Waals surface area (Å²) in [6.07, 6.45) is 9.62. The van der Waals surface area contributed by atoms with E-state index in [0.717, 1.165) is 17.3 Å². The minimum Gasteiger partial charge on any atom is -0.464 e. The van der Waals surface area contributed by atoms with E-state index in [9.17, 15) is 9.59 Å². The lowest BCUT2D eigenvalue weighted by Crippen LogP contribution is -2.39. The average Bonchev–Trinajstić information content (AvgIpc) is 2.60. The first-order valence-corrected chi connectivity index (χ1v) is 10.1. The molecule has 1 N–H and O–H groups in total. The molecule has 0 spiro atoms. The first-order chi connectivity index (χ1) is 12.0. The molecule has 0 aromatic heterocycles. The molecule has 0 saturated heterocycles. The van der Waals surface area contributed by atoms with Gasteiger partial charge in [0.15, 0.2) is 0 Å². The molecular weight excluding hydrogens is 382 g/mol. The number of carbonyl (C=O) groups is 2. The van der Waals surface area contributed by atoms with Crippen molar-refractivity contribution in [2.24, 2.45) is 0 Å². The van der Waals surface area contributed by atoms with Crippen molar-refractivity contribution in [1.82, 2.24) is 5.32 Å². The Morgan fingerprint density at radius 1 is 1.08 bits per heavy atom. The third-order valence-corrected chi connectivity index (χ3v) is 4.52. The first kappa shape index (κ1) is 21.7. The molecule has 0 radical (unpaired) electrons. The Bertz CT molecular complexity index is 533. The fourth-order valence-electron chi connectivity index (χ4n) is 2.50. The van der Waals surface area contributed by atoms with Crippen LogP contribution in [-0.2, 0) is 9.53 Å². The van der Waals surface area contributed by atoms with Crippen LogP contribution in [0, 0.1) is 0 Å². The minimum absolute atomic E-state index is 0.280. The second-order valence-electron chi connectivity index (χ2n) is 6.35. The molecule has 0 aliphatic rings. The van der Waals surface area contributed by atoms with Gasteiger partial charge in [0.2, 0.25) is 0 Å². The second-order valence-corrected chi connectivity index (χ2v) is 7.26. The van der Waals surface area contributed by atoms with Crippen molar-refractivity contribution < 1.29 is 14.3 Å². The van der Waals surface area contributed by atoms with Gasteiger partial charge >= 0.3 is 5.97 Å². The van der Waals surface area contributed by atoms with Crippen LogP contribution in [-0.4, -0.2) is 24.5 Å². The zero-order valence-electron chi connectivity index (χ0n) is 15.4. The summed E-state index contributed by atoms with van der Waals surface area (Å²) < 4.78 is 6.07. The number of carbonyl (C=O) groups excluding carboxylic acids is 2. The average molecular weight is 412 g/mol. The maximum Gasteiger partial charge on any atom is 0.328 e. The minimum atomic E-state index is -0.652. The SMILES string of the molecule is CCCCCCCCCCOC(=O)C(C)NC(=O)c1cccc(Br)c1. The van der Waals surface area contributed by atoms with Gasteiger partial charge in [0.1, 0.15) is 6.04 Å². The molecule has 0 saturated carbocycles. The predicted octanol–water partition coefficient (Wildman–Crippen LogP) is 5.25. The largest absolute Gasteiger partial charge is 0.464 e. The van der Waals surface area contributed by atoms with E-state index in [2.05, 4.69) is 28.2 Å². The van der Waals surface area contributed by atoms with Gasteiger partial charge in [-0.25, -0.2) is 4.79 Å². The normalized spacial score (nSPS) is 11.8. The van der Waals surface area contributed by atoms with Crippen LogP contribution in [0.3, 0.4) is 0 Å². The first-order valence-electron chi connectivity index (χ1n) is 9.27. The van der Waals surface area contributed by atoms with Crippen LogP contribution in [0.2, 0.25) is 0 Å². The van der Waals surface area contributed by atoms with Crippen molar-refractivity contribution >= 4 is 27.8 Å². The van der Waals surface area contributed by atoms with E-state index in [4.69, 9.17) is 4.74 Å². The second kappa shape index (κ2) is 12.9. The molecule has 1 unspecified atom stereocenters. The molecule has 0 heterocycles. The van der Waals surface area contributed by atoms with Crippen LogP contribution in [0.25, 0.3) is 0 Å². The highest BCUT2D eigenvalue weighted by molar-refractivity contribution is 9.10. The van der Waals surface area contributed by atoms with Gasteiger partial charge in [-0.3, -0.25) is 4.79 Å². The summed E-state index contributed by atoms with van der Waals surface area (Å²) in [5, 5.41) is 2.67. The third-order valence-electron chi connectivity index (χ3n) is 4.03. The molecular formula is C20H30BrNO3. The summed E-state index contributed by atoms with van der Waals surface area (Å²) in [4.78, 5) is 24.0. The van der Waals surface area contributed by atoms with Gasteiger partial charge in [-0.15, -0.1) is 0 Å². The molecule has 1 aromatic carbocycles. The van der Waals surface area contributed by atoms with Gasteiger partial charge in [-0.2, -0.15) is 0 Å². The molecule has 5 heteroatoms. The lowest BCUT2D eigenvalue weighted by atomic mass is 10.1. The number of hydrogen-bond donors (Lipinski definition) is 1. The van der Waals surface area contributed by atoms with Crippen LogP contribution in [0.1, 0.15) is 75.6 Å². The smallest absolute Gasteiger partial charge is 0.328 e. The molecule has 1 atom stereocenters. The van der Waals surface area contributed by atoms with Gasteiger partial charge in [0.05, 0.1) is 6.61 Å². The fourth-order valence-corrected chi connectivity index (χ4v) is 2.90. The third kappa shape index (κ3) is 9.63. The molecule has 0 fully saturated rings. The summed E-state index contributed by atoms with van der Waals surface area (Å²) in [5.74, 6) is -0.663. The van der Waals surface area contributed by atoms with Crippen molar-refractivity contribution in [3.05, 3.63) is 34.3 Å². The van der Waals surface area contributed by atoms with E-state index in [0.29, 0.717) is 12.2 Å². The molecule has 1 aromatic rings. The van der Waals surface area contributed by atoms with E-state index in [1.807, 2.05) is 6.07 Å². The standard InChI is InChI=1S/C20H30BrNO3/c1-3-4-5-6-7-8-9-10-14-25-20(24)16(2)22-19(23)17-12-11-13-18(21)15-17/h11-13,15-16H,3-10,14H2,1-2H3,(H,22,23). The van der Waals surface area contributed by atoms with Crippen LogP contribution < -0.4 is 5.32 Å². The zero-order valence-corrected chi connectivity index (χ0v) is 16.9. The highest BCUT2D eigenvalue weighted by Crippen LogP contribution is 2.12. The highest BCUT2D eigenvalue weighted by atomic mass is 79.9. The molecule has 25 heavy (non-hydrogen) atoms. The number of rotatable bonds is 12. The van der Waals surface area contributed by atoms with Gasteiger partial charge in [0.25, 0.3) is 5.91 Å². The molecule has 1 rings (SSSR count). The Morgan fingerprint density at radius 3 is 2.36 bits per heavy atom. The van der Waals surface area contributed by atoms with Gasteiger partial charge < -0.3 is 10.1 Å². The summed E-state index contributed by atoms with van der Waals surface area (Å²) in [7, 11) is 0. The summed E-state index contributed by atoms with van der Waals surface area (Å²) in [5.41, 5.74) is 0.511. The Hall–Kier alpha value is -1.36. The molecule has 0 aliphatic carbocycles. The predicted molar refractivity (Wildman–Crippen MR) is 105 cm³/mol. The Balaban J connectivity index is 2.14. The monoisotopic (exact) mass is 411 g/mol. The fraction of sp³-hybridized carbons (Fsp3) is 0.600. The zero-order chi connectivity index (χ0) is 18.5. The Labute approximate surface area is 159 Å². The summed E-state index contributed by atoms with van der Waals surface area (Å²) in [6.45, 7) is 4.29. The van der Waals surface area contributed by atoms with Crippen molar-refractivity contribution in [3.8, 4) is 0 Å². The Morgan fingerprint density at radius 2 is 1.72 bits per heavy atom. The maximum absolute atomic E-state index is 12.1. The summed E-state index contributed by atoms with van der Waals surface area (Å²) in [6, 6.07) is 6.40. The number of ether oxygens (including phenoxy) is 1. The molecule has 4 nitrogen and oxygen atoms in total. The van der Waals surface area contributed by atoms with Gasteiger partial charge in [-0.05, 0) is 31.5 Å². The van der Waals surface area contributed by atoms with Crippen LogP contribution in [0.4, 0.5) is 0 Å². The number of hydrogen-bond acceptors (Lipinski definition) is 3. The maximum atomic E-state index is 12.1. The number of halogens is 1. The van der Waals surface area contributed by atoms with E-state index < -0.39 is 6.04 Å². The highest BCUT2D eigenvalue weighted by Gasteiger charge is 2.17. The van der Waals surface area contributed by atoms with Crippen LogP contribution >= 0.6 is 15.9 Å². The number of amides is 1. The molecule has 1 amide bonds. The lowest BCUT2D eigenvalue weighted by Gasteiger charge is -2.13. The number of nitrogens with one attached hydrogen (secondary N) is 1. The van der Waals surface area contributed by atoms with Gasteiger partial charge in [0, 0.05) is 10.0 Å². The van der Waals surface area contributed by atoms with Crippen molar-refractivity contribution in [2.75, 3.05) is 6.61 Å². The van der Waals surface area contributed by atoms with E-state index >= 15 is 0 Å². The molecule has 0 bridgehead atoms. The molecule has 0 aliphatic heterocycles. The van der Waals surface area contributed by atoms with Gasteiger partial charge in [-0.1, -0.05) is 73.9 Å². The van der Waals surface area contributed by atoms with Crippen molar-refractivity contribution in [2.45, 2.75) is 71.3 Å². The van der Waals surface area contributed by atoms with E-state index in [-0.39, 0.29) is 11.9 Å². The van der Waals surface area contributed by atoms with Crippen molar-refractivity contribution in [1.29, 1.82) is 0 Å². The number of unbranched alkanes of at least 4 members (excludes halogenated alkanes) is 7.